The molecule has 0 spiro atoms. The molecule has 88 valence electrons. The van der Waals surface area contributed by atoms with Crippen molar-refractivity contribution in [2.24, 2.45) is 0 Å². The van der Waals surface area contributed by atoms with Gasteiger partial charge in [-0.2, -0.15) is 0 Å². The van der Waals surface area contributed by atoms with Gasteiger partial charge >= 0.3 is 0 Å². The molecule has 0 aliphatic carbocycles. The van der Waals surface area contributed by atoms with E-state index in [0.717, 1.165) is 10.9 Å². The first-order valence-corrected chi connectivity index (χ1v) is 7.40. The number of hydrogen-bond acceptors (Lipinski definition) is 0. The molecule has 1 atom stereocenters. The van der Waals surface area contributed by atoms with Crippen LogP contribution in [0, 0.1) is 0 Å². The number of rotatable bonds is 3. The van der Waals surface area contributed by atoms with E-state index in [9.17, 15) is 0 Å². The predicted octanol–water partition coefficient (Wildman–Crippen LogP) is 5.50. The lowest BCUT2D eigenvalue weighted by Crippen LogP contribution is -1.94. The van der Waals surface area contributed by atoms with Gasteiger partial charge in [0.15, 0.2) is 0 Å². The van der Waals surface area contributed by atoms with Gasteiger partial charge in [-0.3, -0.25) is 0 Å². The molecule has 0 heterocycles. The lowest BCUT2D eigenvalue weighted by molar-refractivity contribution is 1.11. The highest BCUT2D eigenvalue weighted by atomic mass is 79.9. The number of halogens is 2. The van der Waals surface area contributed by atoms with Gasteiger partial charge in [-0.1, -0.05) is 81.2 Å². The van der Waals surface area contributed by atoms with E-state index in [2.05, 4.69) is 81.2 Å². The van der Waals surface area contributed by atoms with Crippen LogP contribution in [0.15, 0.2) is 53.0 Å². The molecule has 2 rings (SSSR count). The summed E-state index contributed by atoms with van der Waals surface area (Å²) in [5, 5.41) is 0. The first-order valence-electron chi connectivity index (χ1n) is 5.69. The third-order valence-electron chi connectivity index (χ3n) is 2.86. The Labute approximate surface area is 119 Å². The minimum Gasteiger partial charge on any atom is -0.0786 e. The number of hydrogen-bond donors (Lipinski definition) is 0. The summed E-state index contributed by atoms with van der Waals surface area (Å²) in [5.41, 5.74) is 3.92. The van der Waals surface area contributed by atoms with Crippen LogP contribution in [0.3, 0.4) is 0 Å². The average molecular weight is 354 g/mol. The van der Waals surface area contributed by atoms with Crippen LogP contribution in [0.25, 0.3) is 0 Å². The van der Waals surface area contributed by atoms with Crippen LogP contribution in [0.1, 0.15) is 28.4 Å². The molecule has 2 aromatic carbocycles. The summed E-state index contributed by atoms with van der Waals surface area (Å²) >= 11 is 7.35. The molecule has 0 aliphatic heterocycles. The lowest BCUT2D eigenvalue weighted by atomic mass is 10.0. The first kappa shape index (κ1) is 12.8. The van der Waals surface area contributed by atoms with Crippen molar-refractivity contribution < 1.29 is 0 Å². The van der Waals surface area contributed by atoms with Crippen LogP contribution in [0.4, 0.5) is 0 Å². The van der Waals surface area contributed by atoms with Gasteiger partial charge in [-0.15, -0.1) is 0 Å². The Balaban J connectivity index is 2.30. The monoisotopic (exact) mass is 352 g/mol. The third-order valence-corrected chi connectivity index (χ3v) is 4.60. The smallest absolute Gasteiger partial charge is 0.0655 e. The Morgan fingerprint density at radius 3 is 2.24 bits per heavy atom. The van der Waals surface area contributed by atoms with E-state index in [4.69, 9.17) is 0 Å². The van der Waals surface area contributed by atoms with Gasteiger partial charge in [0, 0.05) is 4.47 Å². The zero-order chi connectivity index (χ0) is 12.3. The van der Waals surface area contributed by atoms with Crippen molar-refractivity contribution in [2.45, 2.75) is 18.2 Å². The quantitative estimate of drug-likeness (QED) is 0.639. The van der Waals surface area contributed by atoms with E-state index < -0.39 is 0 Å². The third kappa shape index (κ3) is 2.99. The predicted molar refractivity (Wildman–Crippen MR) is 80.7 cm³/mol. The van der Waals surface area contributed by atoms with Gasteiger partial charge in [0.05, 0.1) is 4.83 Å². The van der Waals surface area contributed by atoms with Crippen molar-refractivity contribution in [1.82, 2.24) is 0 Å². The van der Waals surface area contributed by atoms with Crippen LogP contribution in [-0.4, -0.2) is 0 Å². The molecule has 0 radical (unpaired) electrons. The SMILES string of the molecule is CCc1ccc(C(Br)c2ccccc2Br)cc1. The standard InChI is InChI=1S/C15H14Br2/c1-2-11-7-9-12(10-8-11)15(17)13-5-3-4-6-14(13)16/h3-10,15H,2H2,1H3. The van der Waals surface area contributed by atoms with Crippen LogP contribution in [0.5, 0.6) is 0 Å². The number of alkyl halides is 1. The van der Waals surface area contributed by atoms with E-state index in [1.165, 1.54) is 16.7 Å². The van der Waals surface area contributed by atoms with Crippen molar-refractivity contribution in [3.8, 4) is 0 Å². The van der Waals surface area contributed by atoms with E-state index in [1.54, 1.807) is 0 Å². The molecular weight excluding hydrogens is 340 g/mol. The minimum absolute atomic E-state index is 0.240. The summed E-state index contributed by atoms with van der Waals surface area (Å²) in [5.74, 6) is 0. The molecule has 0 bridgehead atoms. The maximum atomic E-state index is 3.76. The normalized spacial score (nSPS) is 12.4. The molecule has 17 heavy (non-hydrogen) atoms. The number of aryl methyl sites for hydroxylation is 1. The van der Waals surface area contributed by atoms with Crippen LogP contribution in [0.2, 0.25) is 0 Å². The summed E-state index contributed by atoms with van der Waals surface area (Å²) in [6.07, 6.45) is 1.09. The van der Waals surface area contributed by atoms with Crippen LogP contribution >= 0.6 is 31.9 Å². The molecule has 0 amide bonds. The Hall–Kier alpha value is -0.600. The lowest BCUT2D eigenvalue weighted by Gasteiger charge is -2.13. The number of benzene rings is 2. The Kier molecular flexibility index (Phi) is 4.41. The van der Waals surface area contributed by atoms with E-state index in [-0.39, 0.29) is 4.83 Å². The highest BCUT2D eigenvalue weighted by Gasteiger charge is 2.12. The molecule has 0 saturated heterocycles. The Morgan fingerprint density at radius 2 is 1.65 bits per heavy atom. The van der Waals surface area contributed by atoms with Gasteiger partial charge in [0.1, 0.15) is 0 Å². The highest BCUT2D eigenvalue weighted by Crippen LogP contribution is 2.35. The van der Waals surface area contributed by atoms with Gasteiger partial charge in [-0.05, 0) is 29.2 Å². The van der Waals surface area contributed by atoms with Crippen LogP contribution < -0.4 is 0 Å². The summed E-state index contributed by atoms with van der Waals surface area (Å²) in [6.45, 7) is 2.18. The Bertz CT molecular complexity index is 489. The van der Waals surface area contributed by atoms with Crippen molar-refractivity contribution in [3.05, 3.63) is 69.7 Å². The fourth-order valence-electron chi connectivity index (χ4n) is 1.78. The zero-order valence-electron chi connectivity index (χ0n) is 9.66. The fraction of sp³-hybridized carbons (Fsp3) is 0.200. The van der Waals surface area contributed by atoms with E-state index in [1.807, 2.05) is 6.07 Å². The summed E-state index contributed by atoms with van der Waals surface area (Å²) in [4.78, 5) is 0.240. The molecule has 2 heteroatoms. The zero-order valence-corrected chi connectivity index (χ0v) is 12.8. The molecule has 0 aliphatic rings. The molecule has 0 N–H and O–H groups in total. The summed E-state index contributed by atoms with van der Waals surface area (Å²) < 4.78 is 1.14. The fourth-order valence-corrected chi connectivity index (χ4v) is 3.31. The average Bonchev–Trinajstić information content (AvgIpc) is 2.39. The maximum absolute atomic E-state index is 3.76. The first-order chi connectivity index (χ1) is 8.22. The van der Waals surface area contributed by atoms with Crippen molar-refractivity contribution in [3.63, 3.8) is 0 Å². The molecule has 0 saturated carbocycles. The summed E-state index contributed by atoms with van der Waals surface area (Å²) in [7, 11) is 0. The van der Waals surface area contributed by atoms with E-state index in [0.29, 0.717) is 0 Å². The highest BCUT2D eigenvalue weighted by molar-refractivity contribution is 9.11. The van der Waals surface area contributed by atoms with Gasteiger partial charge in [0.25, 0.3) is 0 Å². The second kappa shape index (κ2) is 5.83. The van der Waals surface area contributed by atoms with Crippen LogP contribution in [-0.2, 0) is 6.42 Å². The molecule has 0 fully saturated rings. The second-order valence-electron chi connectivity index (χ2n) is 3.98. The molecular formula is C15H14Br2. The van der Waals surface area contributed by atoms with Gasteiger partial charge < -0.3 is 0 Å². The maximum Gasteiger partial charge on any atom is 0.0655 e. The molecule has 0 aromatic heterocycles. The summed E-state index contributed by atoms with van der Waals surface area (Å²) in [6, 6.07) is 17.1. The van der Waals surface area contributed by atoms with E-state index >= 15 is 0 Å². The largest absolute Gasteiger partial charge is 0.0786 e. The van der Waals surface area contributed by atoms with Crippen molar-refractivity contribution in [2.75, 3.05) is 0 Å². The topological polar surface area (TPSA) is 0 Å². The molecule has 2 aromatic rings. The van der Waals surface area contributed by atoms with Gasteiger partial charge in [-0.25, -0.2) is 0 Å². The molecule has 1 unspecified atom stereocenters. The molecule has 0 nitrogen and oxygen atoms in total. The minimum atomic E-state index is 0.240. The Morgan fingerprint density at radius 1 is 1.00 bits per heavy atom. The van der Waals surface area contributed by atoms with Crippen molar-refractivity contribution in [1.29, 1.82) is 0 Å². The van der Waals surface area contributed by atoms with Gasteiger partial charge in [0.2, 0.25) is 0 Å². The van der Waals surface area contributed by atoms with Crippen molar-refractivity contribution >= 4 is 31.9 Å². The second-order valence-corrected chi connectivity index (χ2v) is 5.75.